The molecule has 142 valence electrons. The van der Waals surface area contributed by atoms with Crippen LogP contribution in [0, 0.1) is 0 Å². The van der Waals surface area contributed by atoms with Gasteiger partial charge in [-0.2, -0.15) is 5.10 Å². The Morgan fingerprint density at radius 2 is 1.89 bits per heavy atom. The van der Waals surface area contributed by atoms with Gasteiger partial charge in [0.2, 0.25) is 5.91 Å². The summed E-state index contributed by atoms with van der Waals surface area (Å²) in [6.07, 6.45) is 4.91. The molecular formula is C22H21ClN4O. The van der Waals surface area contributed by atoms with Crippen molar-refractivity contribution in [3.63, 3.8) is 0 Å². The monoisotopic (exact) mass is 392 g/mol. The maximum Gasteiger partial charge on any atom is 0.225 e. The first-order chi connectivity index (χ1) is 13.6. The van der Waals surface area contributed by atoms with Crippen LogP contribution in [0.2, 0.25) is 5.02 Å². The van der Waals surface area contributed by atoms with Gasteiger partial charge in [-0.15, -0.1) is 0 Å². The molecule has 0 saturated heterocycles. The summed E-state index contributed by atoms with van der Waals surface area (Å²) in [4.78, 5) is 12.3. The molecule has 5 nitrogen and oxygen atoms in total. The number of aromatic nitrogens is 3. The second-order valence-corrected chi connectivity index (χ2v) is 7.25. The molecule has 1 amide bonds. The van der Waals surface area contributed by atoms with Gasteiger partial charge in [0.15, 0.2) is 0 Å². The van der Waals surface area contributed by atoms with Crippen molar-refractivity contribution in [2.24, 2.45) is 7.05 Å². The summed E-state index contributed by atoms with van der Waals surface area (Å²) in [6.45, 7) is 0.763. The molecule has 0 saturated carbocycles. The van der Waals surface area contributed by atoms with E-state index in [0.717, 1.165) is 11.6 Å². The highest BCUT2D eigenvalue weighted by Gasteiger charge is 2.11. The van der Waals surface area contributed by atoms with E-state index < -0.39 is 0 Å². The summed E-state index contributed by atoms with van der Waals surface area (Å²) in [5.74, 6) is 0.688. The maximum atomic E-state index is 12.3. The average Bonchev–Trinajstić information content (AvgIpc) is 3.26. The largest absolute Gasteiger partial charge is 0.343 e. The van der Waals surface area contributed by atoms with Gasteiger partial charge in [0.1, 0.15) is 5.82 Å². The van der Waals surface area contributed by atoms with Gasteiger partial charge in [0.25, 0.3) is 0 Å². The molecule has 2 aromatic carbocycles. The number of hydrogen-bond donors (Lipinski definition) is 1. The van der Waals surface area contributed by atoms with Crippen LogP contribution in [0.3, 0.4) is 0 Å². The van der Waals surface area contributed by atoms with Crippen LogP contribution in [0.5, 0.6) is 0 Å². The summed E-state index contributed by atoms with van der Waals surface area (Å²) in [7, 11) is 1.81. The number of aryl methyl sites for hydroxylation is 2. The van der Waals surface area contributed by atoms with E-state index in [1.54, 1.807) is 24.0 Å². The first kappa shape index (κ1) is 18.3. The van der Waals surface area contributed by atoms with E-state index in [1.165, 1.54) is 22.0 Å². The smallest absolute Gasteiger partial charge is 0.225 e. The number of anilines is 1. The number of benzene rings is 2. The number of carbonyl (C=O) groups excluding carboxylic acids is 1. The van der Waals surface area contributed by atoms with Crippen LogP contribution in [0.15, 0.2) is 67.0 Å². The van der Waals surface area contributed by atoms with Gasteiger partial charge in [-0.1, -0.05) is 41.9 Å². The molecule has 0 aliphatic heterocycles. The highest BCUT2D eigenvalue weighted by Crippen LogP contribution is 2.24. The third-order valence-electron chi connectivity index (χ3n) is 4.85. The van der Waals surface area contributed by atoms with Crippen molar-refractivity contribution >= 4 is 34.2 Å². The highest BCUT2D eigenvalue weighted by atomic mass is 35.5. The fourth-order valence-electron chi connectivity index (χ4n) is 3.39. The zero-order valence-electron chi connectivity index (χ0n) is 15.6. The zero-order chi connectivity index (χ0) is 19.5. The van der Waals surface area contributed by atoms with Gasteiger partial charge in [0.05, 0.1) is 6.20 Å². The highest BCUT2D eigenvalue weighted by molar-refractivity contribution is 6.30. The van der Waals surface area contributed by atoms with E-state index in [2.05, 4.69) is 33.3 Å². The molecule has 4 rings (SSSR count). The summed E-state index contributed by atoms with van der Waals surface area (Å²) in [6, 6.07) is 18.0. The number of hydrogen-bond acceptors (Lipinski definition) is 2. The summed E-state index contributed by atoms with van der Waals surface area (Å²) < 4.78 is 3.88. The van der Waals surface area contributed by atoms with Crippen molar-refractivity contribution in [3.8, 4) is 0 Å². The molecule has 0 aliphatic rings. The Morgan fingerprint density at radius 1 is 1.11 bits per heavy atom. The molecule has 4 aromatic rings. The van der Waals surface area contributed by atoms with Crippen LogP contribution in [-0.4, -0.2) is 20.3 Å². The number of fused-ring (bicyclic) bond motifs is 1. The Balaban J connectivity index is 1.51. The minimum absolute atomic E-state index is 0.0156. The van der Waals surface area contributed by atoms with Gasteiger partial charge >= 0.3 is 0 Å². The number of rotatable bonds is 6. The number of amides is 1. The number of halogens is 1. The van der Waals surface area contributed by atoms with Crippen molar-refractivity contribution in [2.75, 3.05) is 5.32 Å². The van der Waals surface area contributed by atoms with Crippen LogP contribution in [0.1, 0.15) is 17.5 Å². The molecule has 2 heterocycles. The van der Waals surface area contributed by atoms with Crippen molar-refractivity contribution in [3.05, 3.63) is 83.1 Å². The lowest BCUT2D eigenvalue weighted by Crippen LogP contribution is -2.14. The molecule has 0 spiro atoms. The van der Waals surface area contributed by atoms with Crippen LogP contribution < -0.4 is 5.32 Å². The molecule has 0 atom stereocenters. The van der Waals surface area contributed by atoms with Crippen LogP contribution in [0.4, 0.5) is 5.82 Å². The predicted octanol–water partition coefficient (Wildman–Crippen LogP) is 4.65. The average molecular weight is 393 g/mol. The summed E-state index contributed by atoms with van der Waals surface area (Å²) >= 11 is 6.00. The predicted molar refractivity (Wildman–Crippen MR) is 113 cm³/mol. The van der Waals surface area contributed by atoms with Crippen molar-refractivity contribution in [1.82, 2.24) is 14.3 Å². The Labute approximate surface area is 168 Å². The van der Waals surface area contributed by atoms with E-state index in [1.807, 2.05) is 36.4 Å². The van der Waals surface area contributed by atoms with Crippen molar-refractivity contribution < 1.29 is 4.79 Å². The SMILES string of the molecule is Cn1nccc1NC(=O)CCc1cn(Cc2ccc(Cl)cc2)c2ccccc12. The molecule has 28 heavy (non-hydrogen) atoms. The van der Waals surface area contributed by atoms with Gasteiger partial charge < -0.3 is 9.88 Å². The Hall–Kier alpha value is -3.05. The second-order valence-electron chi connectivity index (χ2n) is 6.81. The summed E-state index contributed by atoms with van der Waals surface area (Å²) in [5.41, 5.74) is 3.52. The lowest BCUT2D eigenvalue weighted by molar-refractivity contribution is -0.116. The van der Waals surface area contributed by atoms with Crippen LogP contribution in [0.25, 0.3) is 10.9 Å². The van der Waals surface area contributed by atoms with E-state index in [9.17, 15) is 4.79 Å². The third kappa shape index (κ3) is 3.94. The Morgan fingerprint density at radius 3 is 2.64 bits per heavy atom. The first-order valence-electron chi connectivity index (χ1n) is 9.19. The zero-order valence-corrected chi connectivity index (χ0v) is 16.4. The topological polar surface area (TPSA) is 51.9 Å². The second kappa shape index (κ2) is 7.90. The van der Waals surface area contributed by atoms with Gasteiger partial charge in [-0.3, -0.25) is 9.48 Å². The Kier molecular flexibility index (Phi) is 5.17. The summed E-state index contributed by atoms with van der Waals surface area (Å²) in [5, 5.41) is 8.89. The van der Waals surface area contributed by atoms with E-state index in [4.69, 9.17) is 11.6 Å². The third-order valence-corrected chi connectivity index (χ3v) is 5.10. The molecule has 6 heteroatoms. The molecule has 0 bridgehead atoms. The Bertz CT molecular complexity index is 1110. The number of carbonyl (C=O) groups is 1. The van der Waals surface area contributed by atoms with Gasteiger partial charge in [-0.25, -0.2) is 0 Å². The number of nitrogens with one attached hydrogen (secondary N) is 1. The van der Waals surface area contributed by atoms with E-state index in [0.29, 0.717) is 18.7 Å². The van der Waals surface area contributed by atoms with Gasteiger partial charge in [0, 0.05) is 48.2 Å². The number of para-hydroxylation sites is 1. The fraction of sp³-hybridized carbons (Fsp3) is 0.182. The molecule has 0 fully saturated rings. The van der Waals surface area contributed by atoms with Crippen molar-refractivity contribution in [1.29, 1.82) is 0 Å². The normalized spacial score (nSPS) is 11.1. The molecular weight excluding hydrogens is 372 g/mol. The molecule has 0 radical (unpaired) electrons. The molecule has 1 N–H and O–H groups in total. The van der Waals surface area contributed by atoms with Crippen LogP contribution in [-0.2, 0) is 24.8 Å². The maximum absolute atomic E-state index is 12.3. The van der Waals surface area contributed by atoms with E-state index >= 15 is 0 Å². The molecule has 0 unspecified atom stereocenters. The van der Waals surface area contributed by atoms with E-state index in [-0.39, 0.29) is 5.91 Å². The van der Waals surface area contributed by atoms with Gasteiger partial charge in [-0.05, 0) is 35.7 Å². The number of nitrogens with zero attached hydrogens (tertiary/aromatic N) is 3. The fourth-order valence-corrected chi connectivity index (χ4v) is 3.52. The standard InChI is InChI=1S/C22H21ClN4O/c1-26-21(12-13-24-26)25-22(28)11-8-17-15-27(20-5-3-2-4-19(17)20)14-16-6-9-18(23)10-7-16/h2-7,9-10,12-13,15H,8,11,14H2,1H3,(H,25,28). The minimum atomic E-state index is -0.0156. The van der Waals surface area contributed by atoms with Crippen LogP contribution >= 0.6 is 11.6 Å². The quantitative estimate of drug-likeness (QED) is 0.519. The lowest BCUT2D eigenvalue weighted by atomic mass is 10.1. The first-order valence-corrected chi connectivity index (χ1v) is 9.57. The molecule has 2 aromatic heterocycles. The lowest BCUT2D eigenvalue weighted by Gasteiger charge is -2.05. The minimum Gasteiger partial charge on any atom is -0.343 e. The van der Waals surface area contributed by atoms with Crippen molar-refractivity contribution in [2.45, 2.75) is 19.4 Å². The molecule has 0 aliphatic carbocycles.